The molecule has 0 N–H and O–H groups in total. The quantitative estimate of drug-likeness (QED) is 0.662. The van der Waals surface area contributed by atoms with E-state index in [0.717, 1.165) is 37.1 Å². The molecule has 34 heavy (non-hydrogen) atoms. The van der Waals surface area contributed by atoms with Crippen molar-refractivity contribution in [2.45, 2.75) is 45.6 Å². The molecule has 8 heteroatoms. The third-order valence-corrected chi connectivity index (χ3v) is 6.81. The normalized spacial score (nSPS) is 18.6. The Kier molecular flexibility index (Phi) is 7.03. The lowest BCUT2D eigenvalue weighted by Gasteiger charge is -2.38. The molecule has 4 rings (SSSR count). The number of pyridine rings is 1. The summed E-state index contributed by atoms with van der Waals surface area (Å²) >= 11 is 0. The molecule has 1 fully saturated rings. The highest BCUT2D eigenvalue weighted by Gasteiger charge is 2.33. The van der Waals surface area contributed by atoms with E-state index in [1.165, 1.54) is 11.2 Å². The molecule has 1 atom stereocenters. The summed E-state index contributed by atoms with van der Waals surface area (Å²) < 4.78 is 0. The van der Waals surface area contributed by atoms with Crippen LogP contribution in [0.1, 0.15) is 59.7 Å². The Morgan fingerprint density at radius 1 is 1.15 bits per heavy atom. The second-order valence-corrected chi connectivity index (χ2v) is 8.78. The van der Waals surface area contributed by atoms with Gasteiger partial charge in [0.05, 0.1) is 17.2 Å². The lowest BCUT2D eigenvalue weighted by Crippen LogP contribution is -2.51. The molecule has 8 nitrogen and oxygen atoms in total. The van der Waals surface area contributed by atoms with Crippen molar-refractivity contribution in [3.63, 3.8) is 0 Å². The van der Waals surface area contributed by atoms with E-state index in [1.54, 1.807) is 36.5 Å². The molecule has 0 bridgehead atoms. The van der Waals surface area contributed by atoms with Gasteiger partial charge in [0.1, 0.15) is 5.92 Å². The van der Waals surface area contributed by atoms with Crippen molar-refractivity contribution in [1.82, 2.24) is 14.8 Å². The smallest absolute Gasteiger partial charge is 0.261 e. The van der Waals surface area contributed by atoms with Gasteiger partial charge in [0.25, 0.3) is 11.8 Å². The third kappa shape index (κ3) is 4.57. The standard InChI is InChI=1S/C26H30N6O2/c1-4-21(5-2)30-10-12-31(13-11-30)25(33)20-7-9-24(28-16-20)32-26(34)23(17-29-32)22-8-6-19(15-27)14-18(22)3/h6-9,14,16-17,21,23H,4-5,10-13H2,1-3H3. The number of rotatable bonds is 6. The molecule has 1 aromatic carbocycles. The van der Waals surface area contributed by atoms with Crippen LogP contribution in [0.25, 0.3) is 0 Å². The minimum atomic E-state index is -0.526. The van der Waals surface area contributed by atoms with E-state index in [4.69, 9.17) is 5.26 Å². The summed E-state index contributed by atoms with van der Waals surface area (Å²) in [6.45, 7) is 9.48. The summed E-state index contributed by atoms with van der Waals surface area (Å²) in [6.07, 6.45) is 5.36. The number of benzene rings is 1. The van der Waals surface area contributed by atoms with Crippen molar-refractivity contribution in [3.8, 4) is 6.07 Å². The number of piperazine rings is 1. The van der Waals surface area contributed by atoms with Crippen LogP contribution in [-0.2, 0) is 4.79 Å². The first-order valence-corrected chi connectivity index (χ1v) is 11.8. The van der Waals surface area contributed by atoms with Crippen molar-refractivity contribution < 1.29 is 9.59 Å². The fourth-order valence-electron chi connectivity index (χ4n) is 4.78. The Labute approximate surface area is 200 Å². The van der Waals surface area contributed by atoms with Gasteiger partial charge in [0.2, 0.25) is 0 Å². The molecule has 0 radical (unpaired) electrons. The predicted octanol–water partition coefficient (Wildman–Crippen LogP) is 3.32. The van der Waals surface area contributed by atoms with E-state index in [9.17, 15) is 9.59 Å². The Hall–Kier alpha value is -3.57. The maximum Gasteiger partial charge on any atom is 0.261 e. The average molecular weight is 459 g/mol. The Balaban J connectivity index is 1.40. The van der Waals surface area contributed by atoms with Gasteiger partial charge >= 0.3 is 0 Å². The molecule has 1 aromatic heterocycles. The maximum absolute atomic E-state index is 13.0. The highest BCUT2D eigenvalue weighted by molar-refractivity contribution is 6.12. The van der Waals surface area contributed by atoms with E-state index in [0.29, 0.717) is 36.1 Å². The molecule has 3 heterocycles. The largest absolute Gasteiger partial charge is 0.336 e. The molecule has 2 aliphatic heterocycles. The average Bonchev–Trinajstić information content (AvgIpc) is 3.25. The molecule has 2 aliphatic rings. The van der Waals surface area contributed by atoms with Crippen LogP contribution in [0.15, 0.2) is 41.6 Å². The highest BCUT2D eigenvalue weighted by Crippen LogP contribution is 2.28. The Morgan fingerprint density at radius 3 is 2.47 bits per heavy atom. The number of hydrazone groups is 1. The van der Waals surface area contributed by atoms with E-state index in [1.807, 2.05) is 11.8 Å². The van der Waals surface area contributed by atoms with Crippen LogP contribution < -0.4 is 5.01 Å². The molecule has 0 spiro atoms. The minimum absolute atomic E-state index is 0.0365. The Bertz CT molecular complexity index is 1120. The number of amides is 2. The SMILES string of the molecule is CCC(CC)N1CCN(C(=O)c2ccc(N3N=CC(c4ccc(C#N)cc4C)C3=O)nc2)CC1. The molecule has 1 unspecified atom stereocenters. The number of carbonyl (C=O) groups excluding carboxylic acids is 2. The lowest BCUT2D eigenvalue weighted by molar-refractivity contribution is -0.118. The highest BCUT2D eigenvalue weighted by atomic mass is 16.2. The van der Waals surface area contributed by atoms with Gasteiger partial charge in [-0.05, 0) is 55.2 Å². The molecule has 1 saturated heterocycles. The van der Waals surface area contributed by atoms with Gasteiger partial charge in [-0.15, -0.1) is 0 Å². The van der Waals surface area contributed by atoms with Crippen molar-refractivity contribution in [2.75, 3.05) is 31.2 Å². The zero-order valence-electron chi connectivity index (χ0n) is 19.9. The van der Waals surface area contributed by atoms with E-state index in [-0.39, 0.29) is 11.8 Å². The van der Waals surface area contributed by atoms with Gasteiger partial charge < -0.3 is 4.90 Å². The summed E-state index contributed by atoms with van der Waals surface area (Å²) in [4.78, 5) is 34.7. The van der Waals surface area contributed by atoms with Gasteiger partial charge in [-0.2, -0.15) is 15.4 Å². The first kappa shape index (κ1) is 23.6. The summed E-state index contributed by atoms with van der Waals surface area (Å²) in [7, 11) is 0. The predicted molar refractivity (Wildman–Crippen MR) is 131 cm³/mol. The van der Waals surface area contributed by atoms with Gasteiger partial charge in [-0.3, -0.25) is 14.5 Å². The summed E-state index contributed by atoms with van der Waals surface area (Å²) in [5, 5.41) is 14.6. The van der Waals surface area contributed by atoms with Crippen LogP contribution in [0.5, 0.6) is 0 Å². The minimum Gasteiger partial charge on any atom is -0.336 e. The fourth-order valence-corrected chi connectivity index (χ4v) is 4.78. The first-order chi connectivity index (χ1) is 16.5. The van der Waals surface area contributed by atoms with Gasteiger partial charge in [0.15, 0.2) is 5.82 Å². The van der Waals surface area contributed by atoms with Crippen LogP contribution in [0, 0.1) is 18.3 Å². The van der Waals surface area contributed by atoms with Crippen LogP contribution in [0.4, 0.5) is 5.82 Å². The monoisotopic (exact) mass is 458 g/mol. The van der Waals surface area contributed by atoms with Crippen LogP contribution in [0.3, 0.4) is 0 Å². The Morgan fingerprint density at radius 2 is 1.88 bits per heavy atom. The zero-order valence-corrected chi connectivity index (χ0v) is 19.9. The molecule has 2 aromatic rings. The van der Waals surface area contributed by atoms with Gasteiger partial charge in [0, 0.05) is 44.6 Å². The maximum atomic E-state index is 13.0. The zero-order chi connectivity index (χ0) is 24.2. The third-order valence-electron chi connectivity index (χ3n) is 6.81. The summed E-state index contributed by atoms with van der Waals surface area (Å²) in [6, 6.07) is 11.3. The second-order valence-electron chi connectivity index (χ2n) is 8.78. The molecule has 0 saturated carbocycles. The van der Waals surface area contributed by atoms with E-state index < -0.39 is 5.92 Å². The van der Waals surface area contributed by atoms with Crippen molar-refractivity contribution >= 4 is 23.8 Å². The number of nitrogens with zero attached hydrogens (tertiary/aromatic N) is 6. The number of carbonyl (C=O) groups is 2. The van der Waals surface area contributed by atoms with Crippen molar-refractivity contribution in [3.05, 3.63) is 58.8 Å². The molecule has 2 amide bonds. The molecular weight excluding hydrogens is 428 g/mol. The topological polar surface area (TPSA) is 92.9 Å². The van der Waals surface area contributed by atoms with E-state index >= 15 is 0 Å². The summed E-state index contributed by atoms with van der Waals surface area (Å²) in [5.74, 6) is -0.394. The number of hydrogen-bond acceptors (Lipinski definition) is 6. The number of hydrogen-bond donors (Lipinski definition) is 0. The molecular formula is C26H30N6O2. The van der Waals surface area contributed by atoms with E-state index in [2.05, 4.69) is 34.9 Å². The second kappa shape index (κ2) is 10.1. The molecule has 176 valence electrons. The lowest BCUT2D eigenvalue weighted by atomic mass is 9.94. The van der Waals surface area contributed by atoms with Crippen LogP contribution in [-0.4, -0.2) is 65.0 Å². The van der Waals surface area contributed by atoms with Crippen molar-refractivity contribution in [1.29, 1.82) is 5.26 Å². The fraction of sp³-hybridized carbons (Fsp3) is 0.423. The number of nitriles is 1. The number of anilines is 1. The number of aryl methyl sites for hydroxylation is 1. The van der Waals surface area contributed by atoms with Crippen LogP contribution in [0.2, 0.25) is 0 Å². The van der Waals surface area contributed by atoms with Crippen LogP contribution >= 0.6 is 0 Å². The van der Waals surface area contributed by atoms with Gasteiger partial charge in [-0.25, -0.2) is 4.98 Å². The number of aromatic nitrogens is 1. The summed E-state index contributed by atoms with van der Waals surface area (Å²) in [5.41, 5.74) is 2.74. The van der Waals surface area contributed by atoms with Crippen molar-refractivity contribution in [2.24, 2.45) is 5.10 Å². The van der Waals surface area contributed by atoms with Gasteiger partial charge in [-0.1, -0.05) is 19.9 Å². The molecule has 0 aliphatic carbocycles. The first-order valence-electron chi connectivity index (χ1n) is 11.8.